The minimum absolute atomic E-state index is 0.00579. The highest BCUT2D eigenvalue weighted by atomic mass is 79.9. The molecule has 1 atom stereocenters. The minimum Gasteiger partial charge on any atom is -0.349 e. The molecule has 0 aromatic rings. The Hall–Kier alpha value is -0.310. The van der Waals surface area contributed by atoms with E-state index in [9.17, 15) is 4.79 Å². The van der Waals surface area contributed by atoms with E-state index in [0.717, 1.165) is 6.42 Å². The van der Waals surface area contributed by atoms with Crippen LogP contribution >= 0.6 is 15.9 Å². The third-order valence-corrected chi connectivity index (χ3v) is 1.93. The second-order valence-corrected chi connectivity index (χ2v) is 3.02. The number of amides is 1. The van der Waals surface area contributed by atoms with Crippen molar-refractivity contribution in [1.29, 1.82) is 0 Å². The predicted octanol–water partition coefficient (Wildman–Crippen LogP) is 1.17. The van der Waals surface area contributed by atoms with Gasteiger partial charge in [0.05, 0.1) is 4.48 Å². The highest BCUT2D eigenvalue weighted by Gasteiger charge is 2.13. The molecule has 1 rings (SSSR count). The Bertz CT molecular complexity index is 164. The van der Waals surface area contributed by atoms with Gasteiger partial charge in [0.15, 0.2) is 0 Å². The number of rotatable bonds is 0. The van der Waals surface area contributed by atoms with Crippen LogP contribution in [0.25, 0.3) is 0 Å². The number of hydrogen-bond donors (Lipinski definition) is 1. The Morgan fingerprint density at radius 3 is 3.00 bits per heavy atom. The highest BCUT2D eigenvalue weighted by Crippen LogP contribution is 2.12. The summed E-state index contributed by atoms with van der Waals surface area (Å²) in [6, 6.07) is 0.291. The van der Waals surface area contributed by atoms with E-state index in [1.54, 1.807) is 0 Å². The highest BCUT2D eigenvalue weighted by molar-refractivity contribution is 9.12. The van der Waals surface area contributed by atoms with Crippen LogP contribution in [-0.4, -0.2) is 11.9 Å². The number of hydrogen-bond acceptors (Lipinski definition) is 1. The molecule has 0 radical (unpaired) electrons. The maximum Gasteiger partial charge on any atom is 0.258 e. The molecular formula is C6H8BrNO. The summed E-state index contributed by atoms with van der Waals surface area (Å²) in [6.45, 7) is 1.98. The van der Waals surface area contributed by atoms with Crippen molar-refractivity contribution in [2.24, 2.45) is 0 Å². The van der Waals surface area contributed by atoms with Crippen LogP contribution < -0.4 is 5.32 Å². The Balaban J connectivity index is 2.68. The summed E-state index contributed by atoms with van der Waals surface area (Å²) >= 11 is 3.13. The molecule has 0 aromatic carbocycles. The summed E-state index contributed by atoms with van der Waals surface area (Å²) in [6.07, 6.45) is 2.82. The zero-order valence-corrected chi connectivity index (χ0v) is 6.73. The maximum atomic E-state index is 10.8. The zero-order valence-electron chi connectivity index (χ0n) is 5.15. The van der Waals surface area contributed by atoms with Crippen molar-refractivity contribution in [2.45, 2.75) is 19.4 Å². The lowest BCUT2D eigenvalue weighted by Gasteiger charge is -2.15. The van der Waals surface area contributed by atoms with Gasteiger partial charge in [-0.25, -0.2) is 0 Å². The van der Waals surface area contributed by atoms with Gasteiger partial charge < -0.3 is 5.32 Å². The Kier molecular flexibility index (Phi) is 1.90. The smallest absolute Gasteiger partial charge is 0.258 e. The first-order valence-corrected chi connectivity index (χ1v) is 3.66. The van der Waals surface area contributed by atoms with E-state index in [1.807, 2.05) is 13.0 Å². The molecule has 2 nitrogen and oxygen atoms in total. The SMILES string of the molecule is CC1CC=C(Br)C(=O)N1. The predicted molar refractivity (Wildman–Crippen MR) is 39.2 cm³/mol. The fourth-order valence-corrected chi connectivity index (χ4v) is 1.03. The average Bonchev–Trinajstić information content (AvgIpc) is 1.80. The zero-order chi connectivity index (χ0) is 6.85. The van der Waals surface area contributed by atoms with E-state index in [0.29, 0.717) is 10.5 Å². The van der Waals surface area contributed by atoms with Gasteiger partial charge in [-0.05, 0) is 29.3 Å². The van der Waals surface area contributed by atoms with E-state index in [4.69, 9.17) is 0 Å². The summed E-state index contributed by atoms with van der Waals surface area (Å²) in [5.74, 6) is -0.00579. The monoisotopic (exact) mass is 189 g/mol. The van der Waals surface area contributed by atoms with E-state index in [1.165, 1.54) is 0 Å². The third-order valence-electron chi connectivity index (χ3n) is 1.25. The molecule has 0 spiro atoms. The standard InChI is InChI=1S/C6H8BrNO/c1-4-2-3-5(7)6(9)8-4/h3-4H,2H2,1H3,(H,8,9). The molecule has 1 amide bonds. The molecule has 0 fully saturated rings. The summed E-state index contributed by atoms with van der Waals surface area (Å²) in [5, 5.41) is 2.77. The summed E-state index contributed by atoms with van der Waals surface area (Å²) < 4.78 is 0.653. The topological polar surface area (TPSA) is 29.1 Å². The van der Waals surface area contributed by atoms with Crippen LogP contribution in [-0.2, 0) is 4.79 Å². The van der Waals surface area contributed by atoms with Crippen molar-refractivity contribution < 1.29 is 4.79 Å². The van der Waals surface area contributed by atoms with Crippen LogP contribution in [0.4, 0.5) is 0 Å². The molecule has 50 valence electrons. The normalized spacial score (nSPS) is 27.1. The molecule has 9 heavy (non-hydrogen) atoms. The molecule has 1 unspecified atom stereocenters. The number of carbonyl (C=O) groups is 1. The first-order valence-electron chi connectivity index (χ1n) is 2.86. The first-order chi connectivity index (χ1) is 4.20. The molecule has 0 aliphatic carbocycles. The lowest BCUT2D eigenvalue weighted by molar-refractivity contribution is -0.117. The van der Waals surface area contributed by atoms with Crippen LogP contribution in [0.2, 0.25) is 0 Å². The van der Waals surface area contributed by atoms with Gasteiger partial charge in [0, 0.05) is 6.04 Å². The van der Waals surface area contributed by atoms with Crippen molar-refractivity contribution in [3.8, 4) is 0 Å². The second-order valence-electron chi connectivity index (χ2n) is 2.16. The van der Waals surface area contributed by atoms with Crippen LogP contribution in [0.15, 0.2) is 10.6 Å². The van der Waals surface area contributed by atoms with Gasteiger partial charge >= 0.3 is 0 Å². The summed E-state index contributed by atoms with van der Waals surface area (Å²) in [7, 11) is 0. The fraction of sp³-hybridized carbons (Fsp3) is 0.500. The van der Waals surface area contributed by atoms with E-state index in [2.05, 4.69) is 21.2 Å². The minimum atomic E-state index is -0.00579. The average molecular weight is 190 g/mol. The van der Waals surface area contributed by atoms with Crippen molar-refractivity contribution >= 4 is 21.8 Å². The molecule has 1 aliphatic heterocycles. The number of halogens is 1. The van der Waals surface area contributed by atoms with E-state index >= 15 is 0 Å². The van der Waals surface area contributed by atoms with Gasteiger partial charge in [0.25, 0.3) is 5.91 Å². The van der Waals surface area contributed by atoms with Crippen LogP contribution in [0.5, 0.6) is 0 Å². The van der Waals surface area contributed by atoms with Gasteiger partial charge in [0.2, 0.25) is 0 Å². The molecule has 1 aliphatic rings. The largest absolute Gasteiger partial charge is 0.349 e. The van der Waals surface area contributed by atoms with Crippen molar-refractivity contribution in [3.63, 3.8) is 0 Å². The van der Waals surface area contributed by atoms with E-state index in [-0.39, 0.29) is 5.91 Å². The van der Waals surface area contributed by atoms with Gasteiger partial charge in [-0.2, -0.15) is 0 Å². The molecule has 0 saturated carbocycles. The summed E-state index contributed by atoms with van der Waals surface area (Å²) in [5.41, 5.74) is 0. The fourth-order valence-electron chi connectivity index (χ4n) is 0.725. The van der Waals surface area contributed by atoms with E-state index < -0.39 is 0 Å². The number of nitrogens with one attached hydrogen (secondary N) is 1. The third kappa shape index (κ3) is 1.55. The lowest BCUT2D eigenvalue weighted by atomic mass is 10.2. The molecule has 1 N–H and O–H groups in total. The van der Waals surface area contributed by atoms with Gasteiger partial charge in [-0.1, -0.05) is 6.08 Å². The molecule has 0 saturated heterocycles. The quantitative estimate of drug-likeness (QED) is 0.610. The van der Waals surface area contributed by atoms with Crippen molar-refractivity contribution in [3.05, 3.63) is 10.6 Å². The van der Waals surface area contributed by atoms with Crippen molar-refractivity contribution in [2.75, 3.05) is 0 Å². The Labute approximate surface area is 62.4 Å². The first kappa shape index (κ1) is 6.81. The Morgan fingerprint density at radius 2 is 2.56 bits per heavy atom. The lowest BCUT2D eigenvalue weighted by Crippen LogP contribution is -2.35. The maximum absolute atomic E-state index is 10.8. The van der Waals surface area contributed by atoms with Gasteiger partial charge in [-0.15, -0.1) is 0 Å². The second kappa shape index (κ2) is 2.52. The molecule has 0 aromatic heterocycles. The summed E-state index contributed by atoms with van der Waals surface area (Å²) in [4.78, 5) is 10.8. The van der Waals surface area contributed by atoms with Crippen LogP contribution in [0, 0.1) is 0 Å². The van der Waals surface area contributed by atoms with Crippen LogP contribution in [0.1, 0.15) is 13.3 Å². The Morgan fingerprint density at radius 1 is 1.89 bits per heavy atom. The molecular weight excluding hydrogens is 182 g/mol. The van der Waals surface area contributed by atoms with Crippen molar-refractivity contribution in [1.82, 2.24) is 5.32 Å². The molecule has 0 bridgehead atoms. The van der Waals surface area contributed by atoms with Gasteiger partial charge in [-0.3, -0.25) is 4.79 Å². The number of carbonyl (C=O) groups excluding carboxylic acids is 1. The molecule has 1 heterocycles. The molecule has 3 heteroatoms. The van der Waals surface area contributed by atoms with Gasteiger partial charge in [0.1, 0.15) is 0 Å². The van der Waals surface area contributed by atoms with Crippen LogP contribution in [0.3, 0.4) is 0 Å².